The Labute approximate surface area is 195 Å². The van der Waals surface area contributed by atoms with Crippen LogP contribution in [0.4, 0.5) is 5.69 Å². The number of rotatable bonds is 9. The number of carbonyl (C=O) groups is 1. The van der Waals surface area contributed by atoms with Gasteiger partial charge >= 0.3 is 0 Å². The number of aromatic nitrogens is 1. The number of nitrogens with one attached hydrogen (secondary N) is 2. The molecule has 1 aliphatic heterocycles. The molecule has 1 fully saturated rings. The van der Waals surface area contributed by atoms with Gasteiger partial charge in [-0.05, 0) is 73.3 Å². The van der Waals surface area contributed by atoms with E-state index >= 15 is 0 Å². The second-order valence-corrected chi connectivity index (χ2v) is 9.20. The minimum atomic E-state index is -0.150. The summed E-state index contributed by atoms with van der Waals surface area (Å²) in [4.78, 5) is 17.5. The van der Waals surface area contributed by atoms with Gasteiger partial charge < -0.3 is 20.1 Å². The Bertz CT molecular complexity index is 1090. The average molecular weight is 448 g/mol. The third-order valence-corrected chi connectivity index (χ3v) is 5.92. The van der Waals surface area contributed by atoms with Crippen molar-refractivity contribution in [2.24, 2.45) is 11.8 Å². The van der Waals surface area contributed by atoms with E-state index in [1.165, 1.54) is 0 Å². The van der Waals surface area contributed by atoms with Crippen LogP contribution in [0.2, 0.25) is 0 Å². The molecule has 33 heavy (non-hydrogen) atoms. The lowest BCUT2D eigenvalue weighted by Crippen LogP contribution is -2.19. The highest BCUT2D eigenvalue weighted by atomic mass is 16.5. The Hall–Kier alpha value is -2.96. The van der Waals surface area contributed by atoms with E-state index in [1.807, 2.05) is 37.4 Å². The molecule has 3 aromatic rings. The van der Waals surface area contributed by atoms with Crippen molar-refractivity contribution in [2.45, 2.75) is 33.7 Å². The highest BCUT2D eigenvalue weighted by molar-refractivity contribution is 6.06. The lowest BCUT2D eigenvalue weighted by molar-refractivity contribution is 0.102. The van der Waals surface area contributed by atoms with E-state index < -0.39 is 0 Å². The van der Waals surface area contributed by atoms with Crippen LogP contribution in [0.5, 0.6) is 5.75 Å². The molecule has 1 amide bonds. The summed E-state index contributed by atoms with van der Waals surface area (Å²) >= 11 is 0. The third-order valence-electron chi connectivity index (χ3n) is 5.92. The lowest BCUT2D eigenvalue weighted by atomic mass is 10.1. The maximum atomic E-state index is 12.8. The number of benzene rings is 2. The number of carbonyl (C=O) groups excluding carboxylic acids is 1. The molecule has 2 N–H and O–H groups in total. The zero-order valence-electron chi connectivity index (χ0n) is 19.7. The van der Waals surface area contributed by atoms with E-state index in [4.69, 9.17) is 9.47 Å². The Morgan fingerprint density at radius 2 is 2.03 bits per heavy atom. The van der Waals surface area contributed by atoms with Gasteiger partial charge in [-0.1, -0.05) is 19.9 Å². The first kappa shape index (κ1) is 23.2. The first-order chi connectivity index (χ1) is 16.0. The summed E-state index contributed by atoms with van der Waals surface area (Å²) in [6, 6.07) is 13.4. The summed E-state index contributed by atoms with van der Waals surface area (Å²) in [6.07, 6.45) is 2.95. The number of pyridine rings is 1. The van der Waals surface area contributed by atoms with Crippen molar-refractivity contribution in [3.63, 3.8) is 0 Å². The predicted octanol–water partition coefficient (Wildman–Crippen LogP) is 4.96. The number of hydrogen-bond donors (Lipinski definition) is 2. The van der Waals surface area contributed by atoms with Gasteiger partial charge in [0.05, 0.1) is 18.7 Å². The van der Waals surface area contributed by atoms with Crippen LogP contribution < -0.4 is 15.4 Å². The molecule has 0 spiro atoms. The number of amides is 1. The number of aryl methyl sites for hydroxylation is 1. The fraction of sp³-hybridized carbons (Fsp3) is 0.407. The van der Waals surface area contributed by atoms with E-state index in [1.54, 1.807) is 12.1 Å². The third kappa shape index (κ3) is 6.09. The van der Waals surface area contributed by atoms with Crippen LogP contribution in [0.3, 0.4) is 0 Å². The molecular formula is C27H33N3O3. The smallest absolute Gasteiger partial charge is 0.255 e. The number of nitrogens with zero attached hydrogens (tertiary/aromatic N) is 1. The van der Waals surface area contributed by atoms with E-state index in [0.717, 1.165) is 66.2 Å². The molecule has 0 radical (unpaired) electrons. The molecule has 0 aliphatic carbocycles. The quantitative estimate of drug-likeness (QED) is 0.485. The molecular weight excluding hydrogens is 414 g/mol. The molecule has 0 bridgehead atoms. The monoisotopic (exact) mass is 447 g/mol. The predicted molar refractivity (Wildman–Crippen MR) is 132 cm³/mol. The SMILES string of the molecule is Cc1c(NC(=O)c2ccc(OCC3CCOC3)cc2)ccc2cc(CNCC(C)C)cnc12. The van der Waals surface area contributed by atoms with Crippen molar-refractivity contribution >= 4 is 22.5 Å². The molecule has 1 aromatic heterocycles. The van der Waals surface area contributed by atoms with Gasteiger partial charge in [0.25, 0.3) is 5.91 Å². The summed E-state index contributed by atoms with van der Waals surface area (Å²) < 4.78 is 11.2. The zero-order chi connectivity index (χ0) is 23.2. The Balaban J connectivity index is 1.39. The summed E-state index contributed by atoms with van der Waals surface area (Å²) in [5, 5.41) is 7.55. The molecule has 6 nitrogen and oxygen atoms in total. The summed E-state index contributed by atoms with van der Waals surface area (Å²) in [5.41, 5.74) is 4.38. The van der Waals surface area contributed by atoms with Crippen LogP contribution >= 0.6 is 0 Å². The lowest BCUT2D eigenvalue weighted by Gasteiger charge is -2.13. The van der Waals surface area contributed by atoms with Crippen molar-refractivity contribution in [1.29, 1.82) is 0 Å². The number of anilines is 1. The molecule has 1 aliphatic rings. The maximum absolute atomic E-state index is 12.8. The summed E-state index contributed by atoms with van der Waals surface area (Å²) in [7, 11) is 0. The topological polar surface area (TPSA) is 72.5 Å². The second kappa shape index (κ2) is 10.8. The van der Waals surface area contributed by atoms with Crippen LogP contribution in [0.25, 0.3) is 10.9 Å². The van der Waals surface area contributed by atoms with Crippen LogP contribution in [-0.4, -0.2) is 37.3 Å². The molecule has 2 aromatic carbocycles. The molecule has 0 saturated carbocycles. The zero-order valence-corrected chi connectivity index (χ0v) is 19.7. The minimum absolute atomic E-state index is 0.150. The van der Waals surface area contributed by atoms with Gasteiger partial charge in [0.15, 0.2) is 0 Å². The number of hydrogen-bond acceptors (Lipinski definition) is 5. The van der Waals surface area contributed by atoms with Crippen LogP contribution in [0.15, 0.2) is 48.7 Å². The fourth-order valence-corrected chi connectivity index (χ4v) is 3.96. The van der Waals surface area contributed by atoms with Gasteiger partial charge in [0.1, 0.15) is 5.75 Å². The van der Waals surface area contributed by atoms with Crippen molar-refractivity contribution in [1.82, 2.24) is 10.3 Å². The minimum Gasteiger partial charge on any atom is -0.493 e. The van der Waals surface area contributed by atoms with Crippen molar-refractivity contribution in [2.75, 3.05) is 31.7 Å². The van der Waals surface area contributed by atoms with Gasteiger partial charge in [-0.15, -0.1) is 0 Å². The standard InChI is InChI=1S/C27H33N3O3/c1-18(2)13-28-14-21-12-23-6-9-25(19(3)26(23)29-15-21)30-27(31)22-4-7-24(8-5-22)33-17-20-10-11-32-16-20/h4-9,12,15,18,20,28H,10-11,13-14,16-17H2,1-3H3,(H,30,31). The maximum Gasteiger partial charge on any atom is 0.255 e. The summed E-state index contributed by atoms with van der Waals surface area (Å²) in [6.45, 7) is 10.4. The fourth-order valence-electron chi connectivity index (χ4n) is 3.96. The van der Waals surface area contributed by atoms with Gasteiger partial charge in [-0.3, -0.25) is 9.78 Å². The molecule has 174 valence electrons. The first-order valence-electron chi connectivity index (χ1n) is 11.7. The van der Waals surface area contributed by atoms with Gasteiger partial charge in [0.2, 0.25) is 0 Å². The van der Waals surface area contributed by atoms with Crippen molar-refractivity contribution in [3.05, 3.63) is 65.4 Å². The molecule has 2 heterocycles. The van der Waals surface area contributed by atoms with Crippen LogP contribution in [0, 0.1) is 18.8 Å². The number of fused-ring (bicyclic) bond motifs is 1. The highest BCUT2D eigenvalue weighted by Crippen LogP contribution is 2.25. The van der Waals surface area contributed by atoms with Crippen molar-refractivity contribution < 1.29 is 14.3 Å². The highest BCUT2D eigenvalue weighted by Gasteiger charge is 2.16. The van der Waals surface area contributed by atoms with Gasteiger partial charge in [-0.25, -0.2) is 0 Å². The Morgan fingerprint density at radius 3 is 2.76 bits per heavy atom. The van der Waals surface area contributed by atoms with Crippen LogP contribution in [0.1, 0.15) is 41.8 Å². The normalized spacial score (nSPS) is 15.8. The Morgan fingerprint density at radius 1 is 1.21 bits per heavy atom. The van der Waals surface area contributed by atoms with Crippen molar-refractivity contribution in [3.8, 4) is 5.75 Å². The number of ether oxygens (including phenoxy) is 2. The van der Waals surface area contributed by atoms with E-state index in [0.29, 0.717) is 24.0 Å². The molecule has 1 unspecified atom stereocenters. The second-order valence-electron chi connectivity index (χ2n) is 9.20. The Kier molecular flexibility index (Phi) is 7.57. The van der Waals surface area contributed by atoms with Gasteiger partial charge in [0, 0.05) is 41.9 Å². The largest absolute Gasteiger partial charge is 0.493 e. The molecule has 4 rings (SSSR count). The molecule has 6 heteroatoms. The first-order valence-corrected chi connectivity index (χ1v) is 11.7. The van der Waals surface area contributed by atoms with E-state index in [2.05, 4.69) is 35.5 Å². The average Bonchev–Trinajstić information content (AvgIpc) is 3.33. The molecule has 1 saturated heterocycles. The summed E-state index contributed by atoms with van der Waals surface area (Å²) in [5.74, 6) is 1.68. The van der Waals surface area contributed by atoms with E-state index in [9.17, 15) is 4.79 Å². The van der Waals surface area contributed by atoms with E-state index in [-0.39, 0.29) is 5.91 Å². The molecule has 1 atom stereocenters. The van der Waals surface area contributed by atoms with Crippen LogP contribution in [-0.2, 0) is 11.3 Å². The van der Waals surface area contributed by atoms with Gasteiger partial charge in [-0.2, -0.15) is 0 Å².